The number of fused-ring (bicyclic) bond motifs is 2. The Kier molecular flexibility index (Phi) is 8.43. The molecule has 0 unspecified atom stereocenters. The molecule has 4 aromatic carbocycles. The van der Waals surface area contributed by atoms with Crippen molar-refractivity contribution in [1.29, 1.82) is 0 Å². The summed E-state index contributed by atoms with van der Waals surface area (Å²) in [6.07, 6.45) is 1.55. The number of amides is 1. The van der Waals surface area contributed by atoms with Crippen LogP contribution < -0.4 is 10.2 Å². The first-order valence-corrected chi connectivity index (χ1v) is 14.8. The van der Waals surface area contributed by atoms with Gasteiger partial charge in [0.2, 0.25) is 5.91 Å². The Bertz CT molecular complexity index is 1580. The lowest BCUT2D eigenvalue weighted by atomic mass is 9.86. The summed E-state index contributed by atoms with van der Waals surface area (Å²) in [5.41, 5.74) is 9.40. The molecule has 0 fully saturated rings. The molecule has 4 aromatic rings. The zero-order valence-corrected chi connectivity index (χ0v) is 25.4. The van der Waals surface area contributed by atoms with Gasteiger partial charge in [-0.25, -0.2) is 8.78 Å². The van der Waals surface area contributed by atoms with E-state index in [0.717, 1.165) is 35.3 Å². The molecule has 0 saturated heterocycles. The van der Waals surface area contributed by atoms with E-state index in [1.807, 2.05) is 12.1 Å². The number of hydrogen-bond donors (Lipinski definition) is 1. The van der Waals surface area contributed by atoms with Crippen LogP contribution in [-0.2, 0) is 28.5 Å². The number of alkyl halides is 1. The number of rotatable bonds is 5. The summed E-state index contributed by atoms with van der Waals surface area (Å²) in [5, 5.41) is 3.47. The van der Waals surface area contributed by atoms with Crippen molar-refractivity contribution in [2.45, 2.75) is 51.4 Å². The number of halogens is 3. The van der Waals surface area contributed by atoms with Crippen molar-refractivity contribution in [1.82, 2.24) is 0 Å². The maximum Gasteiger partial charge on any atom is 0.241 e. The van der Waals surface area contributed by atoms with Gasteiger partial charge in [0.1, 0.15) is 17.5 Å². The zero-order valence-electron chi connectivity index (χ0n) is 24.6. The Morgan fingerprint density at radius 2 is 1.24 bits per heavy atom. The minimum atomic E-state index is -0.233. The molecule has 0 aliphatic carbocycles. The Hall–Kier alpha value is -3.70. The van der Waals surface area contributed by atoms with E-state index in [-0.39, 0.29) is 34.3 Å². The highest BCUT2D eigenvalue weighted by Crippen LogP contribution is 2.41. The molecule has 0 bridgehead atoms. The normalized spacial score (nSPS) is 15.7. The summed E-state index contributed by atoms with van der Waals surface area (Å²) in [5.74, 6) is -0.501. The number of nitrogens with zero attached hydrogens (tertiary/aromatic N) is 1. The summed E-state index contributed by atoms with van der Waals surface area (Å²) in [6, 6.07) is 26.1. The quantitative estimate of drug-likeness (QED) is 0.238. The molecule has 1 amide bonds. The van der Waals surface area contributed by atoms with Crippen molar-refractivity contribution in [3.8, 4) is 0 Å². The Morgan fingerprint density at radius 1 is 0.738 bits per heavy atom. The highest BCUT2D eigenvalue weighted by atomic mass is 35.5. The molecule has 0 radical (unpaired) electrons. The van der Waals surface area contributed by atoms with E-state index in [1.54, 1.807) is 17.0 Å². The van der Waals surface area contributed by atoms with E-state index < -0.39 is 0 Å². The smallest absolute Gasteiger partial charge is 0.241 e. The molecular weight excluding hydrogens is 550 g/mol. The van der Waals surface area contributed by atoms with Gasteiger partial charge in [-0.05, 0) is 82.6 Å². The summed E-state index contributed by atoms with van der Waals surface area (Å²) >= 11 is 5.75. The second kappa shape index (κ2) is 11.9. The lowest BCUT2D eigenvalue weighted by Crippen LogP contribution is -2.34. The molecule has 1 N–H and O–H groups in total. The lowest BCUT2D eigenvalue weighted by molar-refractivity contribution is -0.116. The third-order valence-electron chi connectivity index (χ3n) is 8.23. The monoisotopic (exact) mass is 586 g/mol. The van der Waals surface area contributed by atoms with Crippen LogP contribution in [-0.4, -0.2) is 24.9 Å². The fourth-order valence-corrected chi connectivity index (χ4v) is 6.01. The van der Waals surface area contributed by atoms with Crippen molar-refractivity contribution in [3.05, 3.63) is 130 Å². The second-order valence-corrected chi connectivity index (χ2v) is 12.8. The van der Waals surface area contributed by atoms with Crippen LogP contribution in [0.1, 0.15) is 61.1 Å². The van der Waals surface area contributed by atoms with Gasteiger partial charge in [-0.15, -0.1) is 11.6 Å². The van der Waals surface area contributed by atoms with Gasteiger partial charge >= 0.3 is 0 Å². The predicted molar refractivity (Wildman–Crippen MR) is 169 cm³/mol. The van der Waals surface area contributed by atoms with E-state index in [9.17, 15) is 13.6 Å². The molecule has 2 heterocycles. The predicted octanol–water partition coefficient (Wildman–Crippen LogP) is 8.40. The van der Waals surface area contributed by atoms with Crippen LogP contribution in [0, 0.1) is 11.6 Å². The maximum atomic E-state index is 13.0. The molecule has 218 valence electrons. The summed E-state index contributed by atoms with van der Waals surface area (Å²) in [6.45, 7) is 10.4. The van der Waals surface area contributed by atoms with Crippen molar-refractivity contribution in [2.24, 2.45) is 0 Å². The average Bonchev–Trinajstić information content (AvgIpc) is 3.42. The zero-order chi connectivity index (χ0) is 30.1. The highest BCUT2D eigenvalue weighted by molar-refractivity contribution is 6.29. The van der Waals surface area contributed by atoms with Gasteiger partial charge in [0.05, 0.1) is 0 Å². The van der Waals surface area contributed by atoms with E-state index in [1.165, 1.54) is 46.6 Å². The first-order valence-electron chi connectivity index (χ1n) is 14.3. The van der Waals surface area contributed by atoms with Crippen LogP contribution in [0.4, 0.5) is 20.2 Å². The van der Waals surface area contributed by atoms with Gasteiger partial charge in [-0.3, -0.25) is 4.79 Å². The van der Waals surface area contributed by atoms with Gasteiger partial charge in [0.15, 0.2) is 0 Å². The number of nitrogens with one attached hydrogen (secondary N) is 1. The Labute approximate surface area is 252 Å². The van der Waals surface area contributed by atoms with Crippen LogP contribution in [0.5, 0.6) is 0 Å². The first kappa shape index (κ1) is 29.8. The molecule has 42 heavy (non-hydrogen) atoms. The SMILES string of the molecule is CC1(C)CN(C(=O)CCl)c2cc(Cc3ccc(F)cc3)ccc21.CC1(C)CNc2cc(Cc3ccc(F)cc3)ccc21. The number of anilines is 2. The van der Waals surface area contributed by atoms with Gasteiger partial charge in [-0.2, -0.15) is 0 Å². The van der Waals surface area contributed by atoms with Gasteiger partial charge < -0.3 is 10.2 Å². The van der Waals surface area contributed by atoms with Crippen LogP contribution in [0.25, 0.3) is 0 Å². The molecule has 0 aromatic heterocycles. The van der Waals surface area contributed by atoms with E-state index >= 15 is 0 Å². The topological polar surface area (TPSA) is 32.3 Å². The summed E-state index contributed by atoms with van der Waals surface area (Å²) in [4.78, 5) is 13.9. The molecule has 6 rings (SSSR count). The maximum absolute atomic E-state index is 13.0. The molecule has 0 saturated carbocycles. The molecule has 6 heteroatoms. The third kappa shape index (κ3) is 6.52. The van der Waals surface area contributed by atoms with Gasteiger partial charge in [0.25, 0.3) is 0 Å². The van der Waals surface area contributed by atoms with Crippen LogP contribution in [0.2, 0.25) is 0 Å². The van der Waals surface area contributed by atoms with Crippen LogP contribution >= 0.6 is 11.6 Å². The van der Waals surface area contributed by atoms with Crippen molar-refractivity contribution in [3.63, 3.8) is 0 Å². The molecule has 3 nitrogen and oxygen atoms in total. The average molecular weight is 587 g/mol. The molecule has 0 atom stereocenters. The van der Waals surface area contributed by atoms with Crippen molar-refractivity contribution in [2.75, 3.05) is 29.2 Å². The highest BCUT2D eigenvalue weighted by Gasteiger charge is 2.37. The Balaban J connectivity index is 0.000000171. The standard InChI is InChI=1S/C19H19ClFNO.C17H18FN/c1-19(2)12-22(18(23)11-20)17-10-14(5-8-16(17)19)9-13-3-6-15(21)7-4-13;1-17(2)11-19-16-10-13(5-8-15(16)17)9-12-3-6-14(18)7-4-12/h3-8,10H,9,11-12H2,1-2H3;3-8,10,19H,9,11H2,1-2H3. The fourth-order valence-electron chi connectivity index (χ4n) is 5.87. The summed E-state index contributed by atoms with van der Waals surface area (Å²) in [7, 11) is 0. The molecular formula is C36H37ClF2N2O. The Morgan fingerprint density at radius 3 is 1.79 bits per heavy atom. The first-order chi connectivity index (χ1) is 19.9. The summed E-state index contributed by atoms with van der Waals surface area (Å²) < 4.78 is 25.9. The molecule has 2 aliphatic heterocycles. The van der Waals surface area contributed by atoms with Crippen molar-refractivity contribution < 1.29 is 13.6 Å². The number of carbonyl (C=O) groups is 1. The molecule has 0 spiro atoms. The minimum absolute atomic E-state index is 0.0162. The van der Waals surface area contributed by atoms with Crippen LogP contribution in [0.15, 0.2) is 84.9 Å². The van der Waals surface area contributed by atoms with E-state index in [4.69, 9.17) is 11.6 Å². The second-order valence-electron chi connectivity index (χ2n) is 12.6. The number of carbonyl (C=O) groups excluding carboxylic acids is 1. The largest absolute Gasteiger partial charge is 0.384 e. The van der Waals surface area contributed by atoms with Gasteiger partial charge in [0, 0.05) is 35.3 Å². The fraction of sp³-hybridized carbons (Fsp3) is 0.306. The van der Waals surface area contributed by atoms with E-state index in [2.05, 4.69) is 69.4 Å². The van der Waals surface area contributed by atoms with E-state index in [0.29, 0.717) is 13.0 Å². The minimum Gasteiger partial charge on any atom is -0.384 e. The third-order valence-corrected chi connectivity index (χ3v) is 8.46. The lowest BCUT2D eigenvalue weighted by Gasteiger charge is -2.19. The van der Waals surface area contributed by atoms with Gasteiger partial charge in [-0.1, -0.05) is 76.2 Å². The molecule has 2 aliphatic rings. The van der Waals surface area contributed by atoms with Crippen molar-refractivity contribution >= 4 is 28.9 Å². The van der Waals surface area contributed by atoms with Crippen LogP contribution in [0.3, 0.4) is 0 Å². The number of hydrogen-bond acceptors (Lipinski definition) is 2. The number of benzene rings is 4.